The number of aromatic nitrogens is 4. The van der Waals surface area contributed by atoms with Crippen molar-refractivity contribution in [3.8, 4) is 0 Å². The molecule has 7 heteroatoms. The molecule has 124 valence electrons. The summed E-state index contributed by atoms with van der Waals surface area (Å²) >= 11 is 0. The summed E-state index contributed by atoms with van der Waals surface area (Å²) in [7, 11) is 1.84. The van der Waals surface area contributed by atoms with Crippen LogP contribution < -0.4 is 5.32 Å². The standard InChI is InChI=1S/C17H20N6O/c1-4-23(5-2)17(24)12-6-8-13(9-7-12)21-15-14-10-20-22(3)16(14)19-11-18-15/h6-11H,4-5H2,1-3H3,(H,18,19,21). The monoisotopic (exact) mass is 324 g/mol. The second-order valence-corrected chi connectivity index (χ2v) is 5.41. The number of benzene rings is 1. The van der Waals surface area contributed by atoms with Crippen LogP contribution >= 0.6 is 0 Å². The Balaban J connectivity index is 1.82. The maximum absolute atomic E-state index is 12.3. The smallest absolute Gasteiger partial charge is 0.253 e. The molecule has 1 aromatic carbocycles. The van der Waals surface area contributed by atoms with Crippen LogP contribution in [0.4, 0.5) is 11.5 Å². The minimum Gasteiger partial charge on any atom is -0.340 e. The van der Waals surface area contributed by atoms with Gasteiger partial charge in [0.1, 0.15) is 12.1 Å². The number of nitrogens with zero attached hydrogens (tertiary/aromatic N) is 5. The van der Waals surface area contributed by atoms with Crippen molar-refractivity contribution in [1.29, 1.82) is 0 Å². The SMILES string of the molecule is CCN(CC)C(=O)c1ccc(Nc2ncnc3c2cnn3C)cc1. The third-order valence-electron chi connectivity index (χ3n) is 3.97. The van der Waals surface area contributed by atoms with Gasteiger partial charge in [0, 0.05) is 31.4 Å². The first-order chi connectivity index (χ1) is 11.6. The molecule has 0 aliphatic heterocycles. The first-order valence-electron chi connectivity index (χ1n) is 7.93. The second-order valence-electron chi connectivity index (χ2n) is 5.41. The van der Waals surface area contributed by atoms with Gasteiger partial charge in [0.25, 0.3) is 5.91 Å². The Morgan fingerprint density at radius 1 is 1.17 bits per heavy atom. The molecule has 0 spiro atoms. The van der Waals surface area contributed by atoms with Gasteiger partial charge in [-0.05, 0) is 38.1 Å². The van der Waals surface area contributed by atoms with Gasteiger partial charge in [0.2, 0.25) is 0 Å². The van der Waals surface area contributed by atoms with E-state index in [1.54, 1.807) is 15.8 Å². The molecule has 7 nitrogen and oxygen atoms in total. The van der Waals surface area contributed by atoms with Crippen molar-refractivity contribution in [3.63, 3.8) is 0 Å². The third kappa shape index (κ3) is 2.92. The lowest BCUT2D eigenvalue weighted by Crippen LogP contribution is -2.30. The summed E-state index contributed by atoms with van der Waals surface area (Å²) < 4.78 is 1.70. The second kappa shape index (κ2) is 6.66. The van der Waals surface area contributed by atoms with E-state index in [0.29, 0.717) is 24.5 Å². The minimum atomic E-state index is 0.0447. The summed E-state index contributed by atoms with van der Waals surface area (Å²) in [5, 5.41) is 8.30. The van der Waals surface area contributed by atoms with Crippen molar-refractivity contribution < 1.29 is 4.79 Å². The number of carbonyl (C=O) groups excluding carboxylic acids is 1. The van der Waals surface area contributed by atoms with E-state index in [1.165, 1.54) is 6.33 Å². The average Bonchev–Trinajstić information content (AvgIpc) is 2.99. The zero-order valence-electron chi connectivity index (χ0n) is 14.0. The molecular weight excluding hydrogens is 304 g/mol. The molecule has 0 fully saturated rings. The Kier molecular flexibility index (Phi) is 4.41. The molecule has 0 radical (unpaired) electrons. The van der Waals surface area contributed by atoms with Crippen LogP contribution in [0, 0.1) is 0 Å². The lowest BCUT2D eigenvalue weighted by atomic mass is 10.1. The van der Waals surface area contributed by atoms with E-state index in [1.807, 2.05) is 45.2 Å². The van der Waals surface area contributed by atoms with Crippen molar-refractivity contribution >= 4 is 28.4 Å². The maximum Gasteiger partial charge on any atom is 0.253 e. The lowest BCUT2D eigenvalue weighted by molar-refractivity contribution is 0.0773. The van der Waals surface area contributed by atoms with Crippen LogP contribution in [0.5, 0.6) is 0 Å². The van der Waals surface area contributed by atoms with Crippen molar-refractivity contribution in [2.45, 2.75) is 13.8 Å². The number of nitrogens with one attached hydrogen (secondary N) is 1. The molecule has 1 amide bonds. The molecule has 2 aromatic heterocycles. The summed E-state index contributed by atoms with van der Waals surface area (Å²) in [6.07, 6.45) is 3.24. The topological polar surface area (TPSA) is 75.9 Å². The Morgan fingerprint density at radius 3 is 2.54 bits per heavy atom. The number of carbonyl (C=O) groups is 1. The summed E-state index contributed by atoms with van der Waals surface area (Å²) in [5.41, 5.74) is 2.30. The Labute approximate surface area is 140 Å². The zero-order valence-corrected chi connectivity index (χ0v) is 14.0. The Bertz CT molecular complexity index is 851. The Morgan fingerprint density at radius 2 is 1.88 bits per heavy atom. The predicted molar refractivity (Wildman–Crippen MR) is 93.3 cm³/mol. The first kappa shape index (κ1) is 15.9. The number of hydrogen-bond acceptors (Lipinski definition) is 5. The number of amides is 1. The van der Waals surface area contributed by atoms with Crippen molar-refractivity contribution in [3.05, 3.63) is 42.4 Å². The van der Waals surface area contributed by atoms with Gasteiger partial charge in [-0.15, -0.1) is 0 Å². The fourth-order valence-corrected chi connectivity index (χ4v) is 2.59. The van der Waals surface area contributed by atoms with E-state index in [9.17, 15) is 4.79 Å². The van der Waals surface area contributed by atoms with Crippen LogP contribution in [0.2, 0.25) is 0 Å². The summed E-state index contributed by atoms with van der Waals surface area (Å²) in [6.45, 7) is 5.36. The normalized spacial score (nSPS) is 10.8. The largest absolute Gasteiger partial charge is 0.340 e. The third-order valence-corrected chi connectivity index (χ3v) is 3.97. The first-order valence-corrected chi connectivity index (χ1v) is 7.93. The van der Waals surface area contributed by atoms with Crippen LogP contribution in [0.3, 0.4) is 0 Å². The molecule has 3 rings (SSSR count). The molecular formula is C17H20N6O. The molecule has 3 aromatic rings. The fourth-order valence-electron chi connectivity index (χ4n) is 2.59. The highest BCUT2D eigenvalue weighted by Gasteiger charge is 2.12. The number of fused-ring (bicyclic) bond motifs is 1. The van der Waals surface area contributed by atoms with Crippen LogP contribution in [0.15, 0.2) is 36.8 Å². The van der Waals surface area contributed by atoms with Gasteiger partial charge in [0.15, 0.2) is 5.65 Å². The number of aryl methyl sites for hydroxylation is 1. The van der Waals surface area contributed by atoms with Crippen LogP contribution in [-0.4, -0.2) is 43.6 Å². The minimum absolute atomic E-state index is 0.0447. The van der Waals surface area contributed by atoms with Gasteiger partial charge in [-0.1, -0.05) is 0 Å². The molecule has 0 aliphatic rings. The lowest BCUT2D eigenvalue weighted by Gasteiger charge is -2.18. The maximum atomic E-state index is 12.3. The summed E-state index contributed by atoms with van der Waals surface area (Å²) in [5.74, 6) is 0.735. The van der Waals surface area contributed by atoms with E-state index in [-0.39, 0.29) is 5.91 Å². The number of hydrogen-bond donors (Lipinski definition) is 1. The highest BCUT2D eigenvalue weighted by atomic mass is 16.2. The van der Waals surface area contributed by atoms with Crippen LogP contribution in [0.1, 0.15) is 24.2 Å². The van der Waals surface area contributed by atoms with Gasteiger partial charge < -0.3 is 10.2 Å². The fraction of sp³-hybridized carbons (Fsp3) is 0.294. The van der Waals surface area contributed by atoms with E-state index in [2.05, 4.69) is 20.4 Å². The summed E-state index contributed by atoms with van der Waals surface area (Å²) in [6, 6.07) is 7.40. The molecule has 1 N–H and O–H groups in total. The molecule has 0 saturated carbocycles. The van der Waals surface area contributed by atoms with Gasteiger partial charge in [-0.3, -0.25) is 9.48 Å². The quantitative estimate of drug-likeness (QED) is 0.780. The number of anilines is 2. The van der Waals surface area contributed by atoms with Crippen LogP contribution in [-0.2, 0) is 7.05 Å². The van der Waals surface area contributed by atoms with Crippen LogP contribution in [0.25, 0.3) is 11.0 Å². The van der Waals surface area contributed by atoms with E-state index in [0.717, 1.165) is 16.7 Å². The van der Waals surface area contributed by atoms with Gasteiger partial charge in [0.05, 0.1) is 11.6 Å². The van der Waals surface area contributed by atoms with E-state index < -0.39 is 0 Å². The van der Waals surface area contributed by atoms with Gasteiger partial charge in [-0.2, -0.15) is 5.10 Å². The predicted octanol–water partition coefficient (Wildman–Crippen LogP) is 2.59. The molecule has 0 bridgehead atoms. The molecule has 24 heavy (non-hydrogen) atoms. The van der Waals surface area contributed by atoms with Crippen molar-refractivity contribution in [1.82, 2.24) is 24.6 Å². The van der Waals surface area contributed by atoms with Crippen molar-refractivity contribution in [2.24, 2.45) is 7.05 Å². The highest BCUT2D eigenvalue weighted by molar-refractivity contribution is 5.95. The van der Waals surface area contributed by atoms with E-state index in [4.69, 9.17) is 0 Å². The molecule has 0 saturated heterocycles. The van der Waals surface area contributed by atoms with E-state index >= 15 is 0 Å². The van der Waals surface area contributed by atoms with Gasteiger partial charge >= 0.3 is 0 Å². The highest BCUT2D eigenvalue weighted by Crippen LogP contribution is 2.22. The average molecular weight is 324 g/mol. The van der Waals surface area contributed by atoms with Gasteiger partial charge in [-0.25, -0.2) is 9.97 Å². The molecule has 0 unspecified atom stereocenters. The Hall–Kier alpha value is -2.96. The molecule has 2 heterocycles. The van der Waals surface area contributed by atoms with Crippen molar-refractivity contribution in [2.75, 3.05) is 18.4 Å². The number of rotatable bonds is 5. The molecule has 0 atom stereocenters. The summed E-state index contributed by atoms with van der Waals surface area (Å²) in [4.78, 5) is 22.6. The zero-order chi connectivity index (χ0) is 17.1. The molecule has 0 aliphatic carbocycles.